The molecule has 1 aliphatic rings. The maximum absolute atomic E-state index is 11.4. The third-order valence-corrected chi connectivity index (χ3v) is 5.19. The van der Waals surface area contributed by atoms with Crippen LogP contribution in [-0.4, -0.2) is 42.7 Å². The van der Waals surface area contributed by atoms with Gasteiger partial charge in [-0.25, -0.2) is 8.42 Å². The lowest BCUT2D eigenvalue weighted by Crippen LogP contribution is -2.30. The Hall–Kier alpha value is -1.76. The molecule has 7 heteroatoms. The molecule has 110 valence electrons. The van der Waals surface area contributed by atoms with E-state index in [1.54, 1.807) is 12.1 Å². The highest BCUT2D eigenvalue weighted by Gasteiger charge is 2.37. The van der Waals surface area contributed by atoms with Gasteiger partial charge in [-0.15, -0.1) is 0 Å². The van der Waals surface area contributed by atoms with E-state index >= 15 is 0 Å². The highest BCUT2D eigenvalue weighted by atomic mass is 32.2. The van der Waals surface area contributed by atoms with E-state index in [1.165, 1.54) is 12.1 Å². The number of hydrogen-bond acceptors (Lipinski definition) is 5. The third-order valence-electron chi connectivity index (χ3n) is 3.40. The molecule has 1 aliphatic heterocycles. The number of aliphatic carboxylic acids is 1. The van der Waals surface area contributed by atoms with Gasteiger partial charge in [0.2, 0.25) is 0 Å². The smallest absolute Gasteiger partial charge is 0.310 e. The van der Waals surface area contributed by atoms with Crippen LogP contribution in [0.25, 0.3) is 0 Å². The van der Waals surface area contributed by atoms with Gasteiger partial charge in [-0.05, 0) is 24.5 Å². The fourth-order valence-electron chi connectivity index (χ4n) is 2.31. The van der Waals surface area contributed by atoms with Gasteiger partial charge in [0.25, 0.3) is 0 Å². The summed E-state index contributed by atoms with van der Waals surface area (Å²) in [6.07, 6.45) is 0.350. The first-order chi connectivity index (χ1) is 9.37. The van der Waals surface area contributed by atoms with Crippen LogP contribution in [-0.2, 0) is 14.6 Å². The normalized spacial score (nSPS) is 22.3. The summed E-state index contributed by atoms with van der Waals surface area (Å²) in [5.41, 5.74) is 0. The zero-order valence-electron chi connectivity index (χ0n) is 10.7. The zero-order valence-corrected chi connectivity index (χ0v) is 11.5. The number of carbonyl (C=O) groups is 1. The van der Waals surface area contributed by atoms with Crippen molar-refractivity contribution in [3.63, 3.8) is 0 Å². The van der Waals surface area contributed by atoms with Crippen molar-refractivity contribution in [2.75, 3.05) is 18.1 Å². The van der Waals surface area contributed by atoms with E-state index in [0.717, 1.165) is 0 Å². The molecular formula is C13H16O6S. The molecule has 0 saturated carbocycles. The quantitative estimate of drug-likeness (QED) is 0.838. The monoisotopic (exact) mass is 300 g/mol. The summed E-state index contributed by atoms with van der Waals surface area (Å²) in [6.45, 7) is -0.112. The lowest BCUT2D eigenvalue weighted by atomic mass is 9.93. The zero-order chi connectivity index (χ0) is 14.8. The number of hydrogen-bond donors (Lipinski definition) is 2. The molecule has 1 aromatic carbocycles. The molecule has 1 fully saturated rings. The first-order valence-electron chi connectivity index (χ1n) is 6.22. The van der Waals surface area contributed by atoms with Crippen LogP contribution >= 0.6 is 0 Å². The molecule has 6 nitrogen and oxygen atoms in total. The number of aromatic hydroxyl groups is 1. The molecule has 2 N–H and O–H groups in total. The highest BCUT2D eigenvalue weighted by molar-refractivity contribution is 7.91. The number of carboxylic acid groups (broad SMARTS) is 1. The standard InChI is InChI=1S/C13H16O6S/c14-10-2-1-3-11(6-10)19-7-12(13(15)16)9-4-5-20(17,18)8-9/h1-3,6,9,12,14H,4-5,7-8H2,(H,15,16). The average Bonchev–Trinajstić information content (AvgIpc) is 2.69. The van der Waals surface area contributed by atoms with Gasteiger partial charge in [0.15, 0.2) is 9.84 Å². The molecule has 0 spiro atoms. The van der Waals surface area contributed by atoms with Crippen molar-refractivity contribution < 1.29 is 28.2 Å². The van der Waals surface area contributed by atoms with E-state index < -0.39 is 27.6 Å². The third kappa shape index (κ3) is 3.63. The number of benzene rings is 1. The Morgan fingerprint density at radius 1 is 1.45 bits per heavy atom. The van der Waals surface area contributed by atoms with Crippen molar-refractivity contribution >= 4 is 15.8 Å². The van der Waals surface area contributed by atoms with Crippen LogP contribution in [0.1, 0.15) is 6.42 Å². The van der Waals surface area contributed by atoms with Crippen molar-refractivity contribution in [2.45, 2.75) is 6.42 Å². The Labute approximate surface area is 116 Å². The van der Waals surface area contributed by atoms with Crippen LogP contribution < -0.4 is 4.74 Å². The van der Waals surface area contributed by atoms with Crippen LogP contribution in [0, 0.1) is 11.8 Å². The van der Waals surface area contributed by atoms with Gasteiger partial charge in [0, 0.05) is 6.07 Å². The van der Waals surface area contributed by atoms with Gasteiger partial charge in [0.05, 0.1) is 17.4 Å². The first kappa shape index (κ1) is 14.6. The SMILES string of the molecule is O=C(O)C(COc1cccc(O)c1)C1CCS(=O)(=O)C1. The van der Waals surface area contributed by atoms with Crippen LogP contribution in [0.5, 0.6) is 11.5 Å². The minimum atomic E-state index is -3.12. The maximum Gasteiger partial charge on any atom is 0.310 e. The second-order valence-corrected chi connectivity index (χ2v) is 7.14. The molecule has 0 amide bonds. The largest absolute Gasteiger partial charge is 0.508 e. The fourth-order valence-corrected chi connectivity index (χ4v) is 4.19. The van der Waals surface area contributed by atoms with E-state index in [9.17, 15) is 23.4 Å². The van der Waals surface area contributed by atoms with Crippen molar-refractivity contribution in [3.05, 3.63) is 24.3 Å². The molecule has 20 heavy (non-hydrogen) atoms. The summed E-state index contributed by atoms with van der Waals surface area (Å²) in [5, 5.41) is 18.5. The van der Waals surface area contributed by atoms with E-state index in [-0.39, 0.29) is 23.9 Å². The number of sulfone groups is 1. The molecule has 1 aromatic rings. The highest BCUT2D eigenvalue weighted by Crippen LogP contribution is 2.27. The Kier molecular flexibility index (Phi) is 4.17. The van der Waals surface area contributed by atoms with Crippen LogP contribution in [0.2, 0.25) is 0 Å². The number of ether oxygens (including phenoxy) is 1. The summed E-state index contributed by atoms with van der Waals surface area (Å²) < 4.78 is 28.2. The topological polar surface area (TPSA) is 101 Å². The molecule has 2 atom stereocenters. The van der Waals surface area contributed by atoms with E-state index in [4.69, 9.17) is 4.74 Å². The van der Waals surface area contributed by atoms with Gasteiger partial charge in [-0.2, -0.15) is 0 Å². The molecule has 0 bridgehead atoms. The summed E-state index contributed by atoms with van der Waals surface area (Å²) in [6, 6.07) is 6.04. The molecule has 1 saturated heterocycles. The number of carboxylic acids is 1. The van der Waals surface area contributed by atoms with Crippen LogP contribution in [0.3, 0.4) is 0 Å². The first-order valence-corrected chi connectivity index (χ1v) is 8.04. The molecule has 2 rings (SSSR count). The lowest BCUT2D eigenvalue weighted by molar-refractivity contribution is -0.144. The van der Waals surface area contributed by atoms with Crippen molar-refractivity contribution in [1.82, 2.24) is 0 Å². The Balaban J connectivity index is 2.02. The van der Waals surface area contributed by atoms with Gasteiger partial charge in [0.1, 0.15) is 18.1 Å². The van der Waals surface area contributed by atoms with Crippen LogP contribution in [0.4, 0.5) is 0 Å². The molecule has 0 radical (unpaired) electrons. The molecule has 0 aromatic heterocycles. The van der Waals surface area contributed by atoms with E-state index in [1.807, 2.05) is 0 Å². The second-order valence-electron chi connectivity index (χ2n) is 4.92. The number of phenolic OH excluding ortho intramolecular Hbond substituents is 1. The van der Waals surface area contributed by atoms with E-state index in [0.29, 0.717) is 12.2 Å². The van der Waals surface area contributed by atoms with E-state index in [2.05, 4.69) is 0 Å². The number of phenols is 1. The molecular weight excluding hydrogens is 284 g/mol. The number of rotatable bonds is 5. The van der Waals surface area contributed by atoms with Crippen LogP contribution in [0.15, 0.2) is 24.3 Å². The van der Waals surface area contributed by atoms with Crippen molar-refractivity contribution in [2.24, 2.45) is 11.8 Å². The second kappa shape index (κ2) is 5.70. The Bertz CT molecular complexity index is 595. The minimum absolute atomic E-state index is 0.0258. The molecule has 2 unspecified atom stereocenters. The average molecular weight is 300 g/mol. The van der Waals surface area contributed by atoms with Crippen molar-refractivity contribution in [3.8, 4) is 11.5 Å². The predicted molar refractivity (Wildman–Crippen MR) is 71.5 cm³/mol. The lowest BCUT2D eigenvalue weighted by Gasteiger charge is -2.18. The van der Waals surface area contributed by atoms with Gasteiger partial charge < -0.3 is 14.9 Å². The maximum atomic E-state index is 11.4. The van der Waals surface area contributed by atoms with Gasteiger partial charge in [-0.3, -0.25) is 4.79 Å². The predicted octanol–water partition coefficient (Wildman–Crippen LogP) is 0.907. The summed E-state index contributed by atoms with van der Waals surface area (Å²) >= 11 is 0. The molecule has 1 heterocycles. The minimum Gasteiger partial charge on any atom is -0.508 e. The summed E-state index contributed by atoms with van der Waals surface area (Å²) in [7, 11) is -3.12. The summed E-state index contributed by atoms with van der Waals surface area (Å²) in [4.78, 5) is 11.3. The Morgan fingerprint density at radius 3 is 2.75 bits per heavy atom. The molecule has 0 aliphatic carbocycles. The fraction of sp³-hybridized carbons (Fsp3) is 0.462. The Morgan fingerprint density at radius 2 is 2.20 bits per heavy atom. The van der Waals surface area contributed by atoms with Gasteiger partial charge >= 0.3 is 5.97 Å². The van der Waals surface area contributed by atoms with Gasteiger partial charge in [-0.1, -0.05) is 6.07 Å². The van der Waals surface area contributed by atoms with Crippen molar-refractivity contribution in [1.29, 1.82) is 0 Å². The summed E-state index contributed by atoms with van der Waals surface area (Å²) in [5.74, 6) is -2.03.